The van der Waals surface area contributed by atoms with Gasteiger partial charge in [0.25, 0.3) is 0 Å². The molecule has 0 radical (unpaired) electrons. The first-order valence-corrected chi connectivity index (χ1v) is 7.87. The summed E-state index contributed by atoms with van der Waals surface area (Å²) in [5.41, 5.74) is 0. The van der Waals surface area contributed by atoms with Gasteiger partial charge in [0.15, 0.2) is 0 Å². The van der Waals surface area contributed by atoms with Crippen LogP contribution in [-0.2, 0) is 13.0 Å². The Balaban J connectivity index is 1.87. The van der Waals surface area contributed by atoms with Crippen LogP contribution in [0.3, 0.4) is 0 Å². The van der Waals surface area contributed by atoms with Crippen molar-refractivity contribution in [3.05, 3.63) is 30.6 Å². The lowest BCUT2D eigenvalue weighted by molar-refractivity contribution is 0.260. The van der Waals surface area contributed by atoms with Crippen LogP contribution < -0.4 is 10.1 Å². The van der Waals surface area contributed by atoms with Gasteiger partial charge >= 0.3 is 0 Å². The summed E-state index contributed by atoms with van der Waals surface area (Å²) in [7, 11) is 0. The monoisotopic (exact) mass is 303 g/mol. The van der Waals surface area contributed by atoms with E-state index in [-0.39, 0.29) is 0 Å². The Labute approximate surface area is 132 Å². The predicted octanol–water partition coefficient (Wildman–Crippen LogP) is 2.77. The Bertz CT molecular complexity index is 554. The number of ether oxygens (including phenoxy) is 1. The van der Waals surface area contributed by atoms with Crippen LogP contribution in [0, 0.1) is 5.92 Å². The van der Waals surface area contributed by atoms with Crippen molar-refractivity contribution >= 4 is 5.82 Å². The fourth-order valence-corrected chi connectivity index (χ4v) is 1.94. The van der Waals surface area contributed by atoms with E-state index in [4.69, 9.17) is 4.74 Å². The zero-order valence-electron chi connectivity index (χ0n) is 13.6. The number of rotatable bonds is 9. The van der Waals surface area contributed by atoms with E-state index in [1.165, 1.54) is 0 Å². The molecule has 0 aliphatic rings. The van der Waals surface area contributed by atoms with Crippen molar-refractivity contribution in [2.75, 3.05) is 18.5 Å². The Morgan fingerprint density at radius 1 is 1.32 bits per heavy atom. The molecule has 0 unspecified atom stereocenters. The molecule has 22 heavy (non-hydrogen) atoms. The van der Waals surface area contributed by atoms with Gasteiger partial charge in [-0.3, -0.25) is 0 Å². The highest BCUT2D eigenvalue weighted by Gasteiger charge is 2.05. The summed E-state index contributed by atoms with van der Waals surface area (Å²) in [5, 5.41) is 3.34. The van der Waals surface area contributed by atoms with Gasteiger partial charge < -0.3 is 14.6 Å². The lowest BCUT2D eigenvalue weighted by Crippen LogP contribution is -2.11. The predicted molar refractivity (Wildman–Crippen MR) is 87.1 cm³/mol. The summed E-state index contributed by atoms with van der Waals surface area (Å²) in [6.07, 6.45) is 7.39. The van der Waals surface area contributed by atoms with Crippen LogP contribution in [0.15, 0.2) is 24.8 Å². The van der Waals surface area contributed by atoms with Gasteiger partial charge in [0.2, 0.25) is 5.88 Å². The Morgan fingerprint density at radius 2 is 2.18 bits per heavy atom. The lowest BCUT2D eigenvalue weighted by atomic mass is 10.2. The molecule has 0 aliphatic heterocycles. The molecular weight excluding hydrogens is 278 g/mol. The SMILES string of the molecule is CCc1nc(NCCCn2ccnc2)cc(OCC(C)C)n1. The van der Waals surface area contributed by atoms with Crippen molar-refractivity contribution < 1.29 is 4.74 Å². The molecule has 0 spiro atoms. The third kappa shape index (κ3) is 5.35. The minimum absolute atomic E-state index is 0.478. The summed E-state index contributed by atoms with van der Waals surface area (Å²) in [6, 6.07) is 1.87. The summed E-state index contributed by atoms with van der Waals surface area (Å²) in [6.45, 7) is 8.75. The molecule has 1 N–H and O–H groups in total. The second kappa shape index (κ2) is 8.36. The van der Waals surface area contributed by atoms with Gasteiger partial charge in [-0.25, -0.2) is 9.97 Å². The topological polar surface area (TPSA) is 64.9 Å². The highest BCUT2D eigenvalue weighted by molar-refractivity contribution is 5.38. The molecule has 0 saturated heterocycles. The largest absolute Gasteiger partial charge is 0.477 e. The molecule has 120 valence electrons. The van der Waals surface area contributed by atoms with Crippen molar-refractivity contribution in [1.82, 2.24) is 19.5 Å². The van der Waals surface area contributed by atoms with Crippen LogP contribution >= 0.6 is 0 Å². The van der Waals surface area contributed by atoms with E-state index in [2.05, 4.69) is 38.7 Å². The van der Waals surface area contributed by atoms with Crippen molar-refractivity contribution in [3.8, 4) is 5.88 Å². The summed E-state index contributed by atoms with van der Waals surface area (Å²) in [5.74, 6) is 2.76. The molecule has 6 nitrogen and oxygen atoms in total. The number of nitrogens with one attached hydrogen (secondary N) is 1. The van der Waals surface area contributed by atoms with Crippen LogP contribution in [0.25, 0.3) is 0 Å². The average Bonchev–Trinajstić information content (AvgIpc) is 3.02. The van der Waals surface area contributed by atoms with Crippen LogP contribution in [-0.4, -0.2) is 32.7 Å². The molecule has 2 aromatic rings. The Hall–Kier alpha value is -2.11. The molecule has 2 heterocycles. The molecular formula is C16H25N5O. The van der Waals surface area contributed by atoms with Gasteiger partial charge in [0, 0.05) is 38.0 Å². The van der Waals surface area contributed by atoms with E-state index < -0.39 is 0 Å². The highest BCUT2D eigenvalue weighted by Crippen LogP contribution is 2.15. The molecule has 0 aliphatic carbocycles. The van der Waals surface area contributed by atoms with Crippen molar-refractivity contribution in [2.24, 2.45) is 5.92 Å². The zero-order valence-corrected chi connectivity index (χ0v) is 13.6. The molecule has 2 rings (SSSR count). The van der Waals surface area contributed by atoms with Gasteiger partial charge in [-0.15, -0.1) is 0 Å². The highest BCUT2D eigenvalue weighted by atomic mass is 16.5. The maximum atomic E-state index is 5.71. The molecule has 6 heteroatoms. The number of anilines is 1. The fraction of sp³-hybridized carbons (Fsp3) is 0.562. The Kier molecular flexibility index (Phi) is 6.18. The molecule has 0 fully saturated rings. The van der Waals surface area contributed by atoms with E-state index in [9.17, 15) is 0 Å². The third-order valence-electron chi connectivity index (χ3n) is 3.09. The van der Waals surface area contributed by atoms with E-state index >= 15 is 0 Å². The quantitative estimate of drug-likeness (QED) is 0.722. The van der Waals surface area contributed by atoms with Crippen LogP contribution in [0.1, 0.15) is 33.0 Å². The number of aromatic nitrogens is 4. The normalized spacial score (nSPS) is 10.9. The van der Waals surface area contributed by atoms with Crippen molar-refractivity contribution in [1.29, 1.82) is 0 Å². The molecule has 0 bridgehead atoms. The molecule has 0 amide bonds. The number of nitrogens with zero attached hydrogens (tertiary/aromatic N) is 4. The fourth-order valence-electron chi connectivity index (χ4n) is 1.94. The number of hydrogen-bond donors (Lipinski definition) is 1. The first-order chi connectivity index (χ1) is 10.7. The van der Waals surface area contributed by atoms with Gasteiger partial charge in [-0.1, -0.05) is 20.8 Å². The van der Waals surface area contributed by atoms with E-state index in [1.807, 2.05) is 25.5 Å². The summed E-state index contributed by atoms with van der Waals surface area (Å²) < 4.78 is 7.78. The molecule has 0 aromatic carbocycles. The number of hydrogen-bond acceptors (Lipinski definition) is 5. The first-order valence-electron chi connectivity index (χ1n) is 7.87. The van der Waals surface area contributed by atoms with Crippen molar-refractivity contribution in [2.45, 2.75) is 40.2 Å². The van der Waals surface area contributed by atoms with Gasteiger partial charge in [0.1, 0.15) is 11.6 Å². The van der Waals surface area contributed by atoms with Gasteiger partial charge in [0.05, 0.1) is 12.9 Å². The Morgan fingerprint density at radius 3 is 2.86 bits per heavy atom. The van der Waals surface area contributed by atoms with E-state index in [0.29, 0.717) is 18.4 Å². The van der Waals surface area contributed by atoms with Crippen LogP contribution in [0.5, 0.6) is 5.88 Å². The smallest absolute Gasteiger partial charge is 0.218 e. The van der Waals surface area contributed by atoms with E-state index in [1.54, 1.807) is 6.20 Å². The maximum absolute atomic E-state index is 5.71. The molecule has 0 atom stereocenters. The third-order valence-corrected chi connectivity index (χ3v) is 3.09. The van der Waals surface area contributed by atoms with Gasteiger partial charge in [-0.05, 0) is 12.3 Å². The standard InChI is InChI=1S/C16H25N5O/c1-4-14-19-15(10-16(20-14)22-11-13(2)3)18-6-5-8-21-9-7-17-12-21/h7,9-10,12-13H,4-6,8,11H2,1-3H3,(H,18,19,20). The lowest BCUT2D eigenvalue weighted by Gasteiger charge is -2.11. The molecule has 2 aromatic heterocycles. The number of imidazole rings is 1. The summed E-state index contributed by atoms with van der Waals surface area (Å²) in [4.78, 5) is 12.9. The second-order valence-corrected chi connectivity index (χ2v) is 5.65. The van der Waals surface area contributed by atoms with Crippen molar-refractivity contribution in [3.63, 3.8) is 0 Å². The maximum Gasteiger partial charge on any atom is 0.218 e. The van der Waals surface area contributed by atoms with Crippen LogP contribution in [0.4, 0.5) is 5.82 Å². The summed E-state index contributed by atoms with van der Waals surface area (Å²) >= 11 is 0. The average molecular weight is 303 g/mol. The zero-order chi connectivity index (χ0) is 15.8. The minimum Gasteiger partial charge on any atom is -0.477 e. The van der Waals surface area contributed by atoms with Gasteiger partial charge in [-0.2, -0.15) is 4.98 Å². The van der Waals surface area contributed by atoms with Crippen LogP contribution in [0.2, 0.25) is 0 Å². The van der Waals surface area contributed by atoms with E-state index in [0.717, 1.165) is 37.6 Å². The minimum atomic E-state index is 0.478. The number of aryl methyl sites for hydroxylation is 2. The second-order valence-electron chi connectivity index (χ2n) is 5.65. The first kappa shape index (κ1) is 16.3. The molecule has 0 saturated carbocycles.